The summed E-state index contributed by atoms with van der Waals surface area (Å²) >= 11 is 0. The van der Waals surface area contributed by atoms with Crippen LogP contribution in [0.1, 0.15) is 42.5 Å². The van der Waals surface area contributed by atoms with Crippen LogP contribution in [0.25, 0.3) is 0 Å². The number of anilines is 1. The third-order valence-corrected chi connectivity index (χ3v) is 4.06. The van der Waals surface area contributed by atoms with Crippen LogP contribution in [-0.4, -0.2) is 39.4 Å². The Hall–Kier alpha value is -2.64. The van der Waals surface area contributed by atoms with Crippen LogP contribution in [0.4, 0.5) is 11.4 Å². The van der Waals surface area contributed by atoms with Crippen molar-refractivity contribution in [2.24, 2.45) is 0 Å². The van der Waals surface area contributed by atoms with Gasteiger partial charge >= 0.3 is 5.97 Å². The van der Waals surface area contributed by atoms with Gasteiger partial charge in [0.05, 0.1) is 10.5 Å². The van der Waals surface area contributed by atoms with E-state index in [2.05, 4.69) is 0 Å². The van der Waals surface area contributed by atoms with E-state index in [-0.39, 0.29) is 35.3 Å². The molecule has 0 aliphatic carbocycles. The van der Waals surface area contributed by atoms with Gasteiger partial charge in [0, 0.05) is 36.8 Å². The van der Waals surface area contributed by atoms with E-state index in [0.29, 0.717) is 13.0 Å². The zero-order chi connectivity index (χ0) is 17.0. The van der Waals surface area contributed by atoms with Crippen LogP contribution >= 0.6 is 0 Å². The monoisotopic (exact) mass is 321 g/mol. The van der Waals surface area contributed by atoms with Gasteiger partial charge in [-0.3, -0.25) is 19.7 Å². The minimum Gasteiger partial charge on any atom is -0.481 e. The maximum atomic E-state index is 12.7. The Labute approximate surface area is 133 Å². The van der Waals surface area contributed by atoms with Crippen molar-refractivity contribution >= 4 is 23.3 Å². The molecule has 1 heterocycles. The van der Waals surface area contributed by atoms with Crippen molar-refractivity contribution in [2.75, 3.05) is 12.3 Å². The number of hydrogen-bond acceptors (Lipinski definition) is 5. The average molecular weight is 321 g/mol. The molecule has 0 saturated carbocycles. The van der Waals surface area contributed by atoms with Crippen molar-refractivity contribution in [1.29, 1.82) is 0 Å². The maximum Gasteiger partial charge on any atom is 0.303 e. The van der Waals surface area contributed by atoms with Crippen LogP contribution in [-0.2, 0) is 4.79 Å². The number of carbonyl (C=O) groups excluding carboxylic acids is 1. The first-order chi connectivity index (χ1) is 10.9. The van der Waals surface area contributed by atoms with E-state index < -0.39 is 10.9 Å². The highest BCUT2D eigenvalue weighted by atomic mass is 16.6. The van der Waals surface area contributed by atoms with Crippen LogP contribution in [0.2, 0.25) is 0 Å². The summed E-state index contributed by atoms with van der Waals surface area (Å²) in [6.45, 7) is 0.505. The van der Waals surface area contributed by atoms with Crippen molar-refractivity contribution in [2.45, 2.75) is 38.1 Å². The number of carbonyl (C=O) groups is 2. The van der Waals surface area contributed by atoms with Gasteiger partial charge in [-0.1, -0.05) is 0 Å². The second-order valence-electron chi connectivity index (χ2n) is 5.61. The lowest BCUT2D eigenvalue weighted by atomic mass is 9.96. The summed E-state index contributed by atoms with van der Waals surface area (Å²) in [4.78, 5) is 35.4. The average Bonchev–Trinajstić information content (AvgIpc) is 2.52. The van der Waals surface area contributed by atoms with Crippen LogP contribution in [0.3, 0.4) is 0 Å². The minimum absolute atomic E-state index is 0.0150. The molecule has 1 amide bonds. The molecule has 2 rings (SSSR count). The molecule has 1 saturated heterocycles. The summed E-state index contributed by atoms with van der Waals surface area (Å²) in [6.07, 6.45) is 2.84. The van der Waals surface area contributed by atoms with E-state index >= 15 is 0 Å². The summed E-state index contributed by atoms with van der Waals surface area (Å²) in [5.41, 5.74) is 5.89. The number of nitrogens with zero attached hydrogens (tertiary/aromatic N) is 2. The van der Waals surface area contributed by atoms with E-state index in [4.69, 9.17) is 10.8 Å². The Morgan fingerprint density at radius 1 is 1.39 bits per heavy atom. The Bertz CT molecular complexity index is 632. The quantitative estimate of drug-likeness (QED) is 0.485. The van der Waals surface area contributed by atoms with Crippen LogP contribution in [0.5, 0.6) is 0 Å². The largest absolute Gasteiger partial charge is 0.481 e. The molecule has 1 fully saturated rings. The summed E-state index contributed by atoms with van der Waals surface area (Å²) in [5, 5.41) is 19.7. The molecule has 1 unspecified atom stereocenters. The molecule has 0 radical (unpaired) electrons. The number of hydrogen-bond donors (Lipinski definition) is 2. The third-order valence-electron chi connectivity index (χ3n) is 4.06. The Balaban J connectivity index is 2.24. The van der Waals surface area contributed by atoms with Crippen molar-refractivity contribution in [3.05, 3.63) is 33.9 Å². The molecule has 0 bridgehead atoms. The van der Waals surface area contributed by atoms with Gasteiger partial charge in [0.1, 0.15) is 0 Å². The lowest BCUT2D eigenvalue weighted by molar-refractivity contribution is -0.384. The van der Waals surface area contributed by atoms with Gasteiger partial charge in [-0.05, 0) is 31.7 Å². The molecule has 8 nitrogen and oxygen atoms in total. The molecule has 124 valence electrons. The van der Waals surface area contributed by atoms with Gasteiger partial charge in [0.25, 0.3) is 11.6 Å². The van der Waals surface area contributed by atoms with E-state index in [1.54, 1.807) is 4.90 Å². The highest BCUT2D eigenvalue weighted by Crippen LogP contribution is 2.27. The number of nitrogens with two attached hydrogens (primary N) is 1. The fourth-order valence-electron chi connectivity index (χ4n) is 2.86. The molecule has 0 spiro atoms. The first kappa shape index (κ1) is 16.7. The number of rotatable bonds is 5. The van der Waals surface area contributed by atoms with Gasteiger partial charge in [0.15, 0.2) is 0 Å². The lowest BCUT2D eigenvalue weighted by Gasteiger charge is -2.36. The van der Waals surface area contributed by atoms with Crippen molar-refractivity contribution in [3.8, 4) is 0 Å². The second-order valence-corrected chi connectivity index (χ2v) is 5.61. The maximum absolute atomic E-state index is 12.7. The first-order valence-electron chi connectivity index (χ1n) is 7.47. The molecule has 23 heavy (non-hydrogen) atoms. The first-order valence-corrected chi connectivity index (χ1v) is 7.47. The SMILES string of the molecule is Nc1ccc([N+](=O)[O-])cc1C(=O)N1CCCCC1CCC(=O)O. The molecule has 1 aliphatic heterocycles. The number of carboxylic acid groups (broad SMARTS) is 1. The van der Waals surface area contributed by atoms with Crippen molar-refractivity contribution in [1.82, 2.24) is 4.90 Å². The molecule has 1 aromatic rings. The summed E-state index contributed by atoms with van der Waals surface area (Å²) in [6, 6.07) is 3.61. The van der Waals surface area contributed by atoms with E-state index in [9.17, 15) is 19.7 Å². The number of piperidine rings is 1. The molecule has 1 atom stereocenters. The zero-order valence-corrected chi connectivity index (χ0v) is 12.6. The van der Waals surface area contributed by atoms with Crippen LogP contribution in [0.15, 0.2) is 18.2 Å². The third kappa shape index (κ3) is 3.97. The molecule has 3 N–H and O–H groups in total. The summed E-state index contributed by atoms with van der Waals surface area (Å²) in [5.74, 6) is -1.28. The number of benzene rings is 1. The van der Waals surface area contributed by atoms with Crippen LogP contribution < -0.4 is 5.73 Å². The number of non-ortho nitro benzene ring substituents is 1. The highest BCUT2D eigenvalue weighted by molar-refractivity contribution is 6.00. The Kier molecular flexibility index (Phi) is 5.15. The van der Waals surface area contributed by atoms with E-state index in [1.165, 1.54) is 18.2 Å². The van der Waals surface area contributed by atoms with Gasteiger partial charge in [-0.25, -0.2) is 0 Å². The number of nitro groups is 1. The summed E-state index contributed by atoms with van der Waals surface area (Å²) < 4.78 is 0. The number of aliphatic carboxylic acids is 1. The van der Waals surface area contributed by atoms with Gasteiger partial charge in [-0.2, -0.15) is 0 Å². The number of likely N-dealkylation sites (tertiary alicyclic amines) is 1. The molecular formula is C15H19N3O5. The smallest absolute Gasteiger partial charge is 0.303 e. The summed E-state index contributed by atoms with van der Waals surface area (Å²) in [7, 11) is 0. The van der Waals surface area contributed by atoms with Crippen molar-refractivity contribution < 1.29 is 19.6 Å². The Morgan fingerprint density at radius 2 is 2.13 bits per heavy atom. The number of nitrogen functional groups attached to an aromatic ring is 1. The standard InChI is InChI=1S/C15H19N3O5/c16-13-6-4-11(18(22)23)9-12(13)15(21)17-8-2-1-3-10(17)5-7-14(19)20/h4,6,9-10H,1-3,5,7-8,16H2,(H,19,20). The fourth-order valence-corrected chi connectivity index (χ4v) is 2.86. The molecule has 0 aromatic heterocycles. The van der Waals surface area contributed by atoms with Crippen molar-refractivity contribution in [3.63, 3.8) is 0 Å². The van der Waals surface area contributed by atoms with E-state index in [1.807, 2.05) is 0 Å². The minimum atomic E-state index is -0.905. The van der Waals surface area contributed by atoms with E-state index in [0.717, 1.165) is 19.3 Å². The highest BCUT2D eigenvalue weighted by Gasteiger charge is 2.29. The molecule has 1 aliphatic rings. The number of amides is 1. The normalized spacial score (nSPS) is 17.7. The number of nitro benzene ring substituents is 1. The zero-order valence-electron chi connectivity index (χ0n) is 12.6. The predicted octanol–water partition coefficient (Wildman–Crippen LogP) is 2.04. The lowest BCUT2D eigenvalue weighted by Crippen LogP contribution is -2.44. The van der Waals surface area contributed by atoms with Gasteiger partial charge < -0.3 is 15.7 Å². The molecule has 1 aromatic carbocycles. The van der Waals surface area contributed by atoms with Gasteiger partial charge in [0.2, 0.25) is 0 Å². The van der Waals surface area contributed by atoms with Gasteiger partial charge in [-0.15, -0.1) is 0 Å². The number of carboxylic acids is 1. The topological polar surface area (TPSA) is 127 Å². The second kappa shape index (κ2) is 7.08. The molecule has 8 heteroatoms. The molecular weight excluding hydrogens is 302 g/mol. The predicted molar refractivity (Wildman–Crippen MR) is 83.1 cm³/mol. The Morgan fingerprint density at radius 3 is 2.78 bits per heavy atom. The van der Waals surface area contributed by atoms with Crippen LogP contribution in [0, 0.1) is 10.1 Å². The fraction of sp³-hybridized carbons (Fsp3) is 0.467.